The maximum atomic E-state index is 12.0. The highest BCUT2D eigenvalue weighted by molar-refractivity contribution is 5.84. The Morgan fingerprint density at radius 1 is 1.08 bits per heavy atom. The Kier molecular flexibility index (Phi) is 5.08. The average molecular weight is 337 g/mol. The SMILES string of the molecule is COC(=O)C(C)C[C@@H](c1ccc(OC)cc1)c1c[nH]c2ccccc12. The fraction of sp³-hybridized carbons (Fsp3) is 0.286. The lowest BCUT2D eigenvalue weighted by atomic mass is 9.84. The predicted octanol–water partition coefficient (Wildman–Crippen LogP) is 4.51. The number of benzene rings is 2. The summed E-state index contributed by atoms with van der Waals surface area (Å²) in [5.74, 6) is 0.544. The first-order chi connectivity index (χ1) is 12.1. The summed E-state index contributed by atoms with van der Waals surface area (Å²) >= 11 is 0. The normalized spacial score (nSPS) is 13.4. The molecule has 0 aliphatic rings. The number of methoxy groups -OCH3 is 2. The van der Waals surface area contributed by atoms with E-state index < -0.39 is 0 Å². The van der Waals surface area contributed by atoms with Crippen molar-refractivity contribution in [3.8, 4) is 5.75 Å². The van der Waals surface area contributed by atoms with Crippen LogP contribution in [0.5, 0.6) is 5.75 Å². The van der Waals surface area contributed by atoms with E-state index in [1.807, 2.05) is 37.4 Å². The van der Waals surface area contributed by atoms with Gasteiger partial charge in [-0.3, -0.25) is 4.79 Å². The number of aromatic nitrogens is 1. The first-order valence-corrected chi connectivity index (χ1v) is 8.41. The Balaban J connectivity index is 2.03. The standard InChI is InChI=1S/C21H23NO3/c1-14(21(23)25-3)12-18(15-8-10-16(24-2)11-9-15)19-13-22-20-7-5-4-6-17(19)20/h4-11,13-14,18,22H,12H2,1-3H3/t14?,18-/m0/s1. The van der Waals surface area contributed by atoms with E-state index in [1.165, 1.54) is 18.1 Å². The minimum atomic E-state index is -0.189. The Labute approximate surface area is 147 Å². The summed E-state index contributed by atoms with van der Waals surface area (Å²) in [6, 6.07) is 16.3. The first-order valence-electron chi connectivity index (χ1n) is 8.41. The molecule has 0 aliphatic carbocycles. The number of para-hydroxylation sites is 1. The van der Waals surface area contributed by atoms with Crippen LogP contribution in [0.2, 0.25) is 0 Å². The number of hydrogen-bond acceptors (Lipinski definition) is 3. The Morgan fingerprint density at radius 3 is 2.48 bits per heavy atom. The van der Waals surface area contributed by atoms with E-state index in [-0.39, 0.29) is 17.8 Å². The number of carbonyl (C=O) groups is 1. The third-order valence-electron chi connectivity index (χ3n) is 4.71. The van der Waals surface area contributed by atoms with Crippen molar-refractivity contribution in [2.24, 2.45) is 5.92 Å². The third-order valence-corrected chi connectivity index (χ3v) is 4.71. The van der Waals surface area contributed by atoms with Gasteiger partial charge in [0.05, 0.1) is 20.1 Å². The van der Waals surface area contributed by atoms with Crippen molar-refractivity contribution in [3.05, 3.63) is 65.9 Å². The number of aromatic amines is 1. The highest BCUT2D eigenvalue weighted by atomic mass is 16.5. The molecule has 1 N–H and O–H groups in total. The molecule has 3 aromatic rings. The molecule has 0 saturated heterocycles. The van der Waals surface area contributed by atoms with Crippen molar-refractivity contribution >= 4 is 16.9 Å². The Hall–Kier alpha value is -2.75. The minimum Gasteiger partial charge on any atom is -0.497 e. The minimum absolute atomic E-state index is 0.0937. The van der Waals surface area contributed by atoms with Crippen LogP contribution in [0.1, 0.15) is 30.4 Å². The summed E-state index contributed by atoms with van der Waals surface area (Å²) in [6.07, 6.45) is 2.73. The molecule has 130 valence electrons. The quantitative estimate of drug-likeness (QED) is 0.673. The molecule has 3 rings (SSSR count). The molecule has 25 heavy (non-hydrogen) atoms. The topological polar surface area (TPSA) is 51.3 Å². The van der Waals surface area contributed by atoms with Gasteiger partial charge in [-0.1, -0.05) is 37.3 Å². The van der Waals surface area contributed by atoms with Gasteiger partial charge < -0.3 is 14.5 Å². The molecule has 0 spiro atoms. The summed E-state index contributed by atoms with van der Waals surface area (Å²) in [4.78, 5) is 15.3. The first kappa shape index (κ1) is 17.1. The van der Waals surface area contributed by atoms with Crippen LogP contribution in [-0.2, 0) is 9.53 Å². The third kappa shape index (κ3) is 3.53. The number of ether oxygens (including phenoxy) is 2. The van der Waals surface area contributed by atoms with Crippen molar-refractivity contribution in [2.75, 3.05) is 14.2 Å². The molecule has 1 unspecified atom stereocenters. The maximum absolute atomic E-state index is 12.0. The Morgan fingerprint density at radius 2 is 1.80 bits per heavy atom. The van der Waals surface area contributed by atoms with Gasteiger partial charge in [0.15, 0.2) is 0 Å². The van der Waals surface area contributed by atoms with Crippen LogP contribution in [0.4, 0.5) is 0 Å². The molecule has 1 heterocycles. The summed E-state index contributed by atoms with van der Waals surface area (Å²) < 4.78 is 10.2. The summed E-state index contributed by atoms with van der Waals surface area (Å²) in [5, 5.41) is 1.18. The van der Waals surface area contributed by atoms with Gasteiger partial charge >= 0.3 is 5.97 Å². The largest absolute Gasteiger partial charge is 0.497 e. The fourth-order valence-corrected chi connectivity index (χ4v) is 3.31. The van der Waals surface area contributed by atoms with Crippen molar-refractivity contribution < 1.29 is 14.3 Å². The highest BCUT2D eigenvalue weighted by Crippen LogP contribution is 2.36. The number of esters is 1. The second-order valence-electron chi connectivity index (χ2n) is 6.28. The van der Waals surface area contributed by atoms with Crippen LogP contribution in [-0.4, -0.2) is 25.2 Å². The summed E-state index contributed by atoms with van der Waals surface area (Å²) in [5.41, 5.74) is 3.44. The monoisotopic (exact) mass is 337 g/mol. The van der Waals surface area contributed by atoms with Gasteiger partial charge in [-0.2, -0.15) is 0 Å². The van der Waals surface area contributed by atoms with Crippen LogP contribution in [0.25, 0.3) is 10.9 Å². The number of rotatable bonds is 6. The zero-order valence-electron chi connectivity index (χ0n) is 14.8. The van der Waals surface area contributed by atoms with E-state index >= 15 is 0 Å². The van der Waals surface area contributed by atoms with Gasteiger partial charge in [-0.25, -0.2) is 0 Å². The lowest BCUT2D eigenvalue weighted by Crippen LogP contribution is -2.16. The molecule has 1 aromatic heterocycles. The molecule has 0 fully saturated rings. The highest BCUT2D eigenvalue weighted by Gasteiger charge is 2.24. The van der Waals surface area contributed by atoms with E-state index in [0.29, 0.717) is 6.42 Å². The molecule has 4 heteroatoms. The van der Waals surface area contributed by atoms with Crippen LogP contribution >= 0.6 is 0 Å². The molecule has 4 nitrogen and oxygen atoms in total. The molecule has 0 aliphatic heterocycles. The van der Waals surface area contributed by atoms with Gasteiger partial charge in [-0.15, -0.1) is 0 Å². The lowest BCUT2D eigenvalue weighted by molar-refractivity contribution is -0.145. The molecular weight excluding hydrogens is 314 g/mol. The zero-order valence-corrected chi connectivity index (χ0v) is 14.8. The van der Waals surface area contributed by atoms with Gasteiger partial charge in [0.2, 0.25) is 0 Å². The van der Waals surface area contributed by atoms with E-state index in [1.54, 1.807) is 7.11 Å². The molecule has 0 bridgehead atoms. The van der Waals surface area contributed by atoms with Gasteiger partial charge in [-0.05, 0) is 35.7 Å². The van der Waals surface area contributed by atoms with E-state index in [2.05, 4.69) is 29.2 Å². The predicted molar refractivity (Wildman–Crippen MR) is 98.9 cm³/mol. The maximum Gasteiger partial charge on any atom is 0.308 e. The molecule has 0 saturated carbocycles. The van der Waals surface area contributed by atoms with Crippen LogP contribution in [0, 0.1) is 5.92 Å². The van der Waals surface area contributed by atoms with Crippen LogP contribution in [0.15, 0.2) is 54.7 Å². The second-order valence-corrected chi connectivity index (χ2v) is 6.28. The number of fused-ring (bicyclic) bond motifs is 1. The van der Waals surface area contributed by atoms with Crippen LogP contribution in [0.3, 0.4) is 0 Å². The number of carbonyl (C=O) groups excluding carboxylic acids is 1. The van der Waals surface area contributed by atoms with Crippen LogP contribution < -0.4 is 4.74 Å². The number of H-pyrrole nitrogens is 1. The van der Waals surface area contributed by atoms with Crippen molar-refractivity contribution in [1.29, 1.82) is 0 Å². The zero-order chi connectivity index (χ0) is 17.8. The molecule has 0 amide bonds. The molecule has 0 radical (unpaired) electrons. The lowest BCUT2D eigenvalue weighted by Gasteiger charge is -2.20. The van der Waals surface area contributed by atoms with Crippen molar-refractivity contribution in [3.63, 3.8) is 0 Å². The second kappa shape index (κ2) is 7.43. The fourth-order valence-electron chi connectivity index (χ4n) is 3.31. The summed E-state index contributed by atoms with van der Waals surface area (Å²) in [7, 11) is 3.10. The van der Waals surface area contributed by atoms with Gasteiger partial charge in [0.25, 0.3) is 0 Å². The van der Waals surface area contributed by atoms with Gasteiger partial charge in [0.1, 0.15) is 5.75 Å². The number of hydrogen-bond donors (Lipinski definition) is 1. The Bertz CT molecular complexity index is 851. The molecular formula is C21H23NO3. The van der Waals surface area contributed by atoms with E-state index in [0.717, 1.165) is 16.8 Å². The smallest absolute Gasteiger partial charge is 0.308 e. The van der Waals surface area contributed by atoms with Crippen molar-refractivity contribution in [2.45, 2.75) is 19.3 Å². The average Bonchev–Trinajstić information content (AvgIpc) is 3.09. The van der Waals surface area contributed by atoms with Gasteiger partial charge in [0, 0.05) is 23.0 Å². The van der Waals surface area contributed by atoms with E-state index in [4.69, 9.17) is 9.47 Å². The summed E-state index contributed by atoms with van der Waals surface area (Å²) in [6.45, 7) is 1.91. The number of nitrogens with one attached hydrogen (secondary N) is 1. The molecule has 2 atom stereocenters. The van der Waals surface area contributed by atoms with E-state index in [9.17, 15) is 4.79 Å². The molecule has 2 aromatic carbocycles. The van der Waals surface area contributed by atoms with Crippen molar-refractivity contribution in [1.82, 2.24) is 4.98 Å².